The average molecular weight is 252 g/mol. The van der Waals surface area contributed by atoms with Crippen LogP contribution in [0.5, 0.6) is 0 Å². The molecule has 94 valence electrons. The van der Waals surface area contributed by atoms with Crippen molar-refractivity contribution >= 4 is 17.4 Å². The van der Waals surface area contributed by atoms with Gasteiger partial charge in [-0.25, -0.2) is 4.98 Å². The second-order valence-electron chi connectivity index (χ2n) is 4.07. The fourth-order valence-corrected chi connectivity index (χ4v) is 1.55. The molecular weight excluding hydrogens is 240 g/mol. The third-order valence-corrected chi connectivity index (χ3v) is 2.65. The zero-order valence-electron chi connectivity index (χ0n) is 10.3. The number of nitrogen functional groups attached to an aromatic ring is 1. The molecule has 0 spiro atoms. The van der Waals surface area contributed by atoms with Crippen molar-refractivity contribution in [2.45, 2.75) is 6.92 Å². The van der Waals surface area contributed by atoms with Gasteiger partial charge < -0.3 is 11.1 Å². The van der Waals surface area contributed by atoms with Gasteiger partial charge in [0.2, 0.25) is 0 Å². The maximum Gasteiger partial charge on any atom is 0.256 e. The summed E-state index contributed by atoms with van der Waals surface area (Å²) in [7, 11) is 0. The SMILES string of the molecule is Cc1cc(NC(=O)c2cccc(C#N)c2)ncc1N. The van der Waals surface area contributed by atoms with Crippen molar-refractivity contribution in [2.75, 3.05) is 11.1 Å². The maximum atomic E-state index is 12.0. The minimum atomic E-state index is -0.311. The van der Waals surface area contributed by atoms with Crippen molar-refractivity contribution < 1.29 is 4.79 Å². The first-order valence-electron chi connectivity index (χ1n) is 5.64. The number of nitrogens with zero attached hydrogens (tertiary/aromatic N) is 2. The molecule has 1 aromatic heterocycles. The van der Waals surface area contributed by atoms with E-state index in [0.29, 0.717) is 22.6 Å². The van der Waals surface area contributed by atoms with E-state index in [4.69, 9.17) is 11.0 Å². The van der Waals surface area contributed by atoms with E-state index in [-0.39, 0.29) is 5.91 Å². The molecule has 1 amide bonds. The molecule has 0 unspecified atom stereocenters. The summed E-state index contributed by atoms with van der Waals surface area (Å²) < 4.78 is 0. The molecule has 0 aliphatic carbocycles. The molecule has 0 radical (unpaired) electrons. The summed E-state index contributed by atoms with van der Waals surface area (Å²) in [6.45, 7) is 1.84. The summed E-state index contributed by atoms with van der Waals surface area (Å²) >= 11 is 0. The van der Waals surface area contributed by atoms with Gasteiger partial charge in [0.25, 0.3) is 5.91 Å². The Morgan fingerprint density at radius 1 is 1.42 bits per heavy atom. The van der Waals surface area contributed by atoms with Gasteiger partial charge in [0, 0.05) is 5.56 Å². The Bertz CT molecular complexity index is 673. The Morgan fingerprint density at radius 2 is 2.21 bits per heavy atom. The zero-order valence-corrected chi connectivity index (χ0v) is 10.3. The summed E-state index contributed by atoms with van der Waals surface area (Å²) in [5.74, 6) is 0.118. The largest absolute Gasteiger partial charge is 0.397 e. The highest BCUT2D eigenvalue weighted by Crippen LogP contribution is 2.14. The van der Waals surface area contributed by atoms with E-state index in [1.165, 1.54) is 12.3 Å². The van der Waals surface area contributed by atoms with Crippen LogP contribution in [0.25, 0.3) is 0 Å². The van der Waals surface area contributed by atoms with E-state index < -0.39 is 0 Å². The number of aryl methyl sites for hydroxylation is 1. The number of nitrogens with one attached hydrogen (secondary N) is 1. The summed E-state index contributed by atoms with van der Waals surface area (Å²) in [4.78, 5) is 16.0. The summed E-state index contributed by atoms with van der Waals surface area (Å²) in [5.41, 5.74) is 7.93. The van der Waals surface area contributed by atoms with Crippen LogP contribution in [0.4, 0.5) is 11.5 Å². The predicted molar refractivity (Wildman–Crippen MR) is 72.5 cm³/mol. The molecule has 0 aliphatic heterocycles. The monoisotopic (exact) mass is 252 g/mol. The van der Waals surface area contributed by atoms with Crippen molar-refractivity contribution in [3.05, 3.63) is 53.2 Å². The first-order chi connectivity index (χ1) is 9.10. The van der Waals surface area contributed by atoms with Gasteiger partial charge in [0.05, 0.1) is 23.5 Å². The van der Waals surface area contributed by atoms with Gasteiger partial charge >= 0.3 is 0 Å². The maximum absolute atomic E-state index is 12.0. The van der Waals surface area contributed by atoms with Crippen molar-refractivity contribution in [1.82, 2.24) is 4.98 Å². The number of amides is 1. The number of carbonyl (C=O) groups excluding carboxylic acids is 1. The molecule has 0 saturated carbocycles. The molecular formula is C14H12N4O. The third kappa shape index (κ3) is 2.87. The number of pyridine rings is 1. The first-order valence-corrected chi connectivity index (χ1v) is 5.64. The smallest absolute Gasteiger partial charge is 0.256 e. The molecule has 1 aromatic carbocycles. The number of rotatable bonds is 2. The molecule has 3 N–H and O–H groups in total. The summed E-state index contributed by atoms with van der Waals surface area (Å²) in [6.07, 6.45) is 1.50. The third-order valence-electron chi connectivity index (χ3n) is 2.65. The van der Waals surface area contributed by atoms with Gasteiger partial charge in [-0.1, -0.05) is 6.07 Å². The minimum absolute atomic E-state index is 0.311. The number of hydrogen-bond donors (Lipinski definition) is 2. The fraction of sp³-hybridized carbons (Fsp3) is 0.0714. The van der Waals surface area contributed by atoms with Crippen LogP contribution in [0, 0.1) is 18.3 Å². The first kappa shape index (κ1) is 12.6. The standard InChI is InChI=1S/C14H12N4O/c1-9-5-13(17-8-12(9)16)18-14(19)11-4-2-3-10(6-11)7-15/h2-6,8H,16H2,1H3,(H,17,18,19). The Morgan fingerprint density at radius 3 is 2.89 bits per heavy atom. The number of carbonyl (C=O) groups is 1. The van der Waals surface area contributed by atoms with E-state index in [1.54, 1.807) is 24.3 Å². The van der Waals surface area contributed by atoms with Crippen molar-refractivity contribution in [3.8, 4) is 6.07 Å². The second-order valence-corrected chi connectivity index (χ2v) is 4.07. The predicted octanol–water partition coefficient (Wildman–Crippen LogP) is 2.10. The van der Waals surface area contributed by atoms with Gasteiger partial charge in [0.15, 0.2) is 0 Å². The lowest BCUT2D eigenvalue weighted by atomic mass is 10.1. The Balaban J connectivity index is 2.21. The van der Waals surface area contributed by atoms with Crippen LogP contribution >= 0.6 is 0 Å². The Hall–Kier alpha value is -2.87. The van der Waals surface area contributed by atoms with Gasteiger partial charge in [-0.2, -0.15) is 5.26 Å². The van der Waals surface area contributed by atoms with Crippen LogP contribution < -0.4 is 11.1 Å². The minimum Gasteiger partial charge on any atom is -0.397 e. The van der Waals surface area contributed by atoms with Crippen LogP contribution in [-0.4, -0.2) is 10.9 Å². The molecule has 5 heteroatoms. The molecule has 0 saturated heterocycles. The van der Waals surface area contributed by atoms with Crippen molar-refractivity contribution in [2.24, 2.45) is 0 Å². The molecule has 0 fully saturated rings. The Labute approximate surface area is 110 Å². The molecule has 19 heavy (non-hydrogen) atoms. The number of aromatic nitrogens is 1. The van der Waals surface area contributed by atoms with E-state index in [0.717, 1.165) is 5.56 Å². The second kappa shape index (κ2) is 5.19. The van der Waals surface area contributed by atoms with Crippen LogP contribution in [0.15, 0.2) is 36.5 Å². The van der Waals surface area contributed by atoms with E-state index >= 15 is 0 Å². The van der Waals surface area contributed by atoms with E-state index in [2.05, 4.69) is 10.3 Å². The van der Waals surface area contributed by atoms with Gasteiger partial charge in [-0.3, -0.25) is 4.79 Å². The number of nitrogens with two attached hydrogens (primary N) is 1. The molecule has 2 rings (SSSR count). The number of benzene rings is 1. The van der Waals surface area contributed by atoms with Crippen LogP contribution in [0.1, 0.15) is 21.5 Å². The van der Waals surface area contributed by atoms with Crippen LogP contribution in [-0.2, 0) is 0 Å². The number of nitriles is 1. The molecule has 0 bridgehead atoms. The zero-order chi connectivity index (χ0) is 13.8. The van der Waals surface area contributed by atoms with Crippen molar-refractivity contribution in [1.29, 1.82) is 5.26 Å². The summed E-state index contributed by atoms with van der Waals surface area (Å²) in [5, 5.41) is 11.5. The van der Waals surface area contributed by atoms with Crippen molar-refractivity contribution in [3.63, 3.8) is 0 Å². The Kier molecular flexibility index (Phi) is 3.44. The highest BCUT2D eigenvalue weighted by molar-refractivity contribution is 6.04. The normalized spacial score (nSPS) is 9.68. The lowest BCUT2D eigenvalue weighted by molar-refractivity contribution is 0.102. The van der Waals surface area contributed by atoms with Crippen LogP contribution in [0.3, 0.4) is 0 Å². The lowest BCUT2D eigenvalue weighted by Gasteiger charge is -2.06. The van der Waals surface area contributed by atoms with Gasteiger partial charge in [-0.05, 0) is 36.8 Å². The summed E-state index contributed by atoms with van der Waals surface area (Å²) in [6, 6.07) is 10.2. The van der Waals surface area contributed by atoms with E-state index in [1.807, 2.05) is 13.0 Å². The average Bonchev–Trinajstić information content (AvgIpc) is 2.43. The number of anilines is 2. The van der Waals surface area contributed by atoms with Gasteiger partial charge in [-0.15, -0.1) is 0 Å². The number of hydrogen-bond acceptors (Lipinski definition) is 4. The van der Waals surface area contributed by atoms with Gasteiger partial charge in [0.1, 0.15) is 5.82 Å². The van der Waals surface area contributed by atoms with Crippen LogP contribution in [0.2, 0.25) is 0 Å². The molecule has 1 heterocycles. The quantitative estimate of drug-likeness (QED) is 0.856. The molecule has 0 atom stereocenters. The fourth-order valence-electron chi connectivity index (χ4n) is 1.55. The lowest BCUT2D eigenvalue weighted by Crippen LogP contribution is -2.13. The molecule has 2 aromatic rings. The molecule has 0 aliphatic rings. The highest BCUT2D eigenvalue weighted by atomic mass is 16.1. The topological polar surface area (TPSA) is 91.8 Å². The van der Waals surface area contributed by atoms with E-state index in [9.17, 15) is 4.79 Å². The highest BCUT2D eigenvalue weighted by Gasteiger charge is 2.08. The molecule has 5 nitrogen and oxygen atoms in total.